The van der Waals surface area contributed by atoms with Crippen molar-refractivity contribution in [2.75, 3.05) is 20.0 Å². The summed E-state index contributed by atoms with van der Waals surface area (Å²) in [5.74, 6) is 2.11. The van der Waals surface area contributed by atoms with Crippen LogP contribution in [0.5, 0.6) is 23.0 Å². The number of anilines is 1. The predicted octanol–water partition coefficient (Wildman–Crippen LogP) is 4.04. The van der Waals surface area contributed by atoms with E-state index in [0.29, 0.717) is 33.7 Å². The Morgan fingerprint density at radius 1 is 0.900 bits per heavy atom. The van der Waals surface area contributed by atoms with E-state index in [1.807, 2.05) is 19.1 Å². The van der Waals surface area contributed by atoms with Crippen LogP contribution in [0.4, 0.5) is 5.69 Å². The van der Waals surface area contributed by atoms with Crippen molar-refractivity contribution in [3.05, 3.63) is 40.9 Å². The van der Waals surface area contributed by atoms with E-state index < -0.39 is 0 Å². The maximum Gasteiger partial charge on any atom is 0.164 e. The summed E-state index contributed by atoms with van der Waals surface area (Å²) >= 11 is 6.11. The van der Waals surface area contributed by atoms with E-state index >= 15 is 0 Å². The lowest BCUT2D eigenvalue weighted by Gasteiger charge is -2.14. The van der Waals surface area contributed by atoms with Crippen molar-refractivity contribution in [2.45, 2.75) is 6.92 Å². The Kier molecular flexibility index (Phi) is 4.25. The molecule has 0 heterocycles. The monoisotopic (exact) mass is 293 g/mol. The highest BCUT2D eigenvalue weighted by atomic mass is 35.5. The summed E-state index contributed by atoms with van der Waals surface area (Å²) in [4.78, 5) is 0. The van der Waals surface area contributed by atoms with Gasteiger partial charge in [0.25, 0.3) is 0 Å². The van der Waals surface area contributed by atoms with Gasteiger partial charge in [-0.2, -0.15) is 0 Å². The molecule has 0 aliphatic heterocycles. The Morgan fingerprint density at radius 2 is 1.55 bits per heavy atom. The summed E-state index contributed by atoms with van der Waals surface area (Å²) in [5, 5.41) is 0.518. The summed E-state index contributed by atoms with van der Waals surface area (Å²) in [5.41, 5.74) is 7.44. The number of benzene rings is 2. The number of hydrogen-bond acceptors (Lipinski definition) is 4. The fourth-order valence-corrected chi connectivity index (χ4v) is 1.93. The molecule has 4 nitrogen and oxygen atoms in total. The third-order valence-corrected chi connectivity index (χ3v) is 3.13. The van der Waals surface area contributed by atoms with E-state index in [9.17, 15) is 0 Å². The van der Waals surface area contributed by atoms with Gasteiger partial charge in [0.05, 0.1) is 24.9 Å². The molecule has 0 bridgehead atoms. The Hall–Kier alpha value is -2.07. The van der Waals surface area contributed by atoms with E-state index in [1.165, 1.54) is 0 Å². The van der Waals surface area contributed by atoms with Gasteiger partial charge in [0.1, 0.15) is 5.75 Å². The second kappa shape index (κ2) is 5.92. The molecule has 0 amide bonds. The van der Waals surface area contributed by atoms with Gasteiger partial charge in [-0.3, -0.25) is 0 Å². The van der Waals surface area contributed by atoms with Gasteiger partial charge >= 0.3 is 0 Å². The molecule has 0 fully saturated rings. The van der Waals surface area contributed by atoms with Gasteiger partial charge < -0.3 is 19.9 Å². The van der Waals surface area contributed by atoms with E-state index in [1.54, 1.807) is 32.4 Å². The molecule has 5 heteroatoms. The molecule has 0 aromatic heterocycles. The average molecular weight is 294 g/mol. The van der Waals surface area contributed by atoms with E-state index in [-0.39, 0.29) is 0 Å². The number of methoxy groups -OCH3 is 2. The lowest BCUT2D eigenvalue weighted by molar-refractivity contribution is 0.352. The lowest BCUT2D eigenvalue weighted by atomic mass is 10.2. The molecule has 0 aliphatic carbocycles. The smallest absolute Gasteiger partial charge is 0.164 e. The molecule has 2 rings (SSSR count). The van der Waals surface area contributed by atoms with Crippen molar-refractivity contribution >= 4 is 17.3 Å². The van der Waals surface area contributed by atoms with Crippen LogP contribution in [0.25, 0.3) is 0 Å². The zero-order valence-electron chi connectivity index (χ0n) is 11.6. The van der Waals surface area contributed by atoms with Crippen molar-refractivity contribution in [1.29, 1.82) is 0 Å². The van der Waals surface area contributed by atoms with Crippen LogP contribution in [-0.4, -0.2) is 14.2 Å². The van der Waals surface area contributed by atoms with Gasteiger partial charge in [-0.15, -0.1) is 0 Å². The standard InChI is InChI=1S/C15H16ClNO3/c1-9-4-5-10(16)12(6-9)20-13-8-15(19-3)14(18-2)7-11(13)17/h4-8H,17H2,1-3H3. The van der Waals surface area contributed by atoms with Gasteiger partial charge in [-0.25, -0.2) is 0 Å². The van der Waals surface area contributed by atoms with Crippen LogP contribution in [-0.2, 0) is 0 Å². The summed E-state index contributed by atoms with van der Waals surface area (Å²) in [6.07, 6.45) is 0. The summed E-state index contributed by atoms with van der Waals surface area (Å²) < 4.78 is 16.2. The van der Waals surface area contributed by atoms with Crippen LogP contribution in [0.1, 0.15) is 5.56 Å². The van der Waals surface area contributed by atoms with Gasteiger partial charge in [0.15, 0.2) is 17.2 Å². The van der Waals surface area contributed by atoms with Crippen molar-refractivity contribution < 1.29 is 14.2 Å². The first-order valence-corrected chi connectivity index (χ1v) is 6.38. The summed E-state index contributed by atoms with van der Waals surface area (Å²) in [6.45, 7) is 1.96. The topological polar surface area (TPSA) is 53.7 Å². The van der Waals surface area contributed by atoms with Gasteiger partial charge in [0, 0.05) is 12.1 Å². The highest BCUT2D eigenvalue weighted by Gasteiger charge is 2.12. The Morgan fingerprint density at radius 3 is 2.20 bits per heavy atom. The van der Waals surface area contributed by atoms with Gasteiger partial charge in [-0.1, -0.05) is 17.7 Å². The molecule has 2 aromatic carbocycles. The molecule has 0 radical (unpaired) electrons. The number of nitrogens with two attached hydrogens (primary N) is 1. The fraction of sp³-hybridized carbons (Fsp3) is 0.200. The molecule has 0 saturated heterocycles. The maximum atomic E-state index is 6.11. The van der Waals surface area contributed by atoms with E-state index in [2.05, 4.69) is 0 Å². The van der Waals surface area contributed by atoms with Crippen molar-refractivity contribution in [3.63, 3.8) is 0 Å². The SMILES string of the molecule is COc1cc(N)c(Oc2cc(C)ccc2Cl)cc1OC. The average Bonchev–Trinajstić information content (AvgIpc) is 2.44. The molecule has 0 atom stereocenters. The molecule has 2 aromatic rings. The molecule has 106 valence electrons. The van der Waals surface area contributed by atoms with Crippen LogP contribution < -0.4 is 19.9 Å². The minimum Gasteiger partial charge on any atom is -0.493 e. The zero-order chi connectivity index (χ0) is 14.7. The molecule has 0 spiro atoms. The van der Waals surface area contributed by atoms with Crippen LogP contribution in [0.3, 0.4) is 0 Å². The minimum absolute atomic E-state index is 0.445. The van der Waals surface area contributed by atoms with E-state index in [0.717, 1.165) is 5.56 Å². The lowest BCUT2D eigenvalue weighted by Crippen LogP contribution is -1.97. The third kappa shape index (κ3) is 2.91. The van der Waals surface area contributed by atoms with Gasteiger partial charge in [0.2, 0.25) is 0 Å². The second-order valence-corrected chi connectivity index (χ2v) is 4.69. The molecule has 0 unspecified atom stereocenters. The first-order valence-electron chi connectivity index (χ1n) is 6.00. The molecular weight excluding hydrogens is 278 g/mol. The molecular formula is C15H16ClNO3. The maximum absolute atomic E-state index is 6.11. The molecule has 0 saturated carbocycles. The highest BCUT2D eigenvalue weighted by Crippen LogP contribution is 2.39. The first-order chi connectivity index (χ1) is 9.55. The van der Waals surface area contributed by atoms with Crippen LogP contribution in [0, 0.1) is 6.92 Å². The van der Waals surface area contributed by atoms with Crippen molar-refractivity contribution in [3.8, 4) is 23.0 Å². The largest absolute Gasteiger partial charge is 0.493 e. The normalized spacial score (nSPS) is 10.2. The second-order valence-electron chi connectivity index (χ2n) is 4.28. The van der Waals surface area contributed by atoms with Crippen LogP contribution in [0.15, 0.2) is 30.3 Å². The number of ether oxygens (including phenoxy) is 3. The van der Waals surface area contributed by atoms with Crippen LogP contribution >= 0.6 is 11.6 Å². The Labute approximate surface area is 123 Å². The van der Waals surface area contributed by atoms with Crippen LogP contribution in [0.2, 0.25) is 5.02 Å². The zero-order valence-corrected chi connectivity index (χ0v) is 12.3. The summed E-state index contributed by atoms with van der Waals surface area (Å²) in [6, 6.07) is 8.86. The van der Waals surface area contributed by atoms with Gasteiger partial charge in [-0.05, 0) is 24.6 Å². The minimum atomic E-state index is 0.445. The third-order valence-electron chi connectivity index (χ3n) is 2.82. The number of nitrogen functional groups attached to an aromatic ring is 1. The highest BCUT2D eigenvalue weighted by molar-refractivity contribution is 6.32. The first kappa shape index (κ1) is 14.3. The summed E-state index contributed by atoms with van der Waals surface area (Å²) in [7, 11) is 3.10. The number of hydrogen-bond donors (Lipinski definition) is 1. The predicted molar refractivity (Wildman–Crippen MR) is 80.2 cm³/mol. The fourth-order valence-electron chi connectivity index (χ4n) is 1.77. The Balaban J connectivity index is 2.40. The van der Waals surface area contributed by atoms with Crippen molar-refractivity contribution in [2.24, 2.45) is 0 Å². The molecule has 20 heavy (non-hydrogen) atoms. The quantitative estimate of drug-likeness (QED) is 0.864. The number of aryl methyl sites for hydroxylation is 1. The van der Waals surface area contributed by atoms with E-state index in [4.69, 9.17) is 31.5 Å². The molecule has 0 aliphatic rings. The number of halogens is 1. The Bertz CT molecular complexity index is 629. The number of rotatable bonds is 4. The molecule has 2 N–H and O–H groups in total. The van der Waals surface area contributed by atoms with Crippen molar-refractivity contribution in [1.82, 2.24) is 0 Å².